The zero-order valence-electron chi connectivity index (χ0n) is 19.4. The Morgan fingerprint density at radius 2 is 1.97 bits per heavy atom. The normalized spacial score (nSPS) is 15.9. The number of hydrogen-bond donors (Lipinski definition) is 0. The van der Waals surface area contributed by atoms with Gasteiger partial charge in [0, 0.05) is 50.3 Å². The lowest BCUT2D eigenvalue weighted by Crippen LogP contribution is -2.39. The Labute approximate surface area is 201 Å². The summed E-state index contributed by atoms with van der Waals surface area (Å²) in [4.78, 5) is 15.8. The Morgan fingerprint density at radius 1 is 1.14 bits per heavy atom. The van der Waals surface area contributed by atoms with Crippen LogP contribution in [0.4, 0.5) is 8.78 Å². The number of nitriles is 1. The lowest BCUT2D eigenvalue weighted by Gasteiger charge is -2.30. The number of nitrogens with zero attached hydrogens (tertiary/aromatic N) is 9. The summed E-state index contributed by atoms with van der Waals surface area (Å²) in [5.74, 6) is -1.50. The molecule has 1 aliphatic rings. The molecule has 5 rings (SSSR count). The highest BCUT2D eigenvalue weighted by molar-refractivity contribution is 5.50. The number of aromatic nitrogens is 7. The van der Waals surface area contributed by atoms with E-state index >= 15 is 0 Å². The van der Waals surface area contributed by atoms with Gasteiger partial charge in [-0.05, 0) is 24.6 Å². The molecule has 0 bridgehead atoms. The number of aryl methyl sites for hydroxylation is 1. The molecule has 11 heteroatoms. The van der Waals surface area contributed by atoms with Gasteiger partial charge in [0.15, 0.2) is 17.3 Å². The monoisotopic (exact) mass is 477 g/mol. The van der Waals surface area contributed by atoms with Gasteiger partial charge in [0.1, 0.15) is 12.4 Å². The fourth-order valence-electron chi connectivity index (χ4n) is 4.43. The van der Waals surface area contributed by atoms with Crippen LogP contribution in [0.25, 0.3) is 11.5 Å². The maximum absolute atomic E-state index is 13.5. The minimum absolute atomic E-state index is 0.134. The topological polar surface area (TPSA) is 101 Å². The van der Waals surface area contributed by atoms with Crippen molar-refractivity contribution in [1.29, 1.82) is 5.26 Å². The van der Waals surface area contributed by atoms with Crippen LogP contribution < -0.4 is 0 Å². The minimum Gasteiger partial charge on any atom is -0.295 e. The van der Waals surface area contributed by atoms with Crippen LogP contribution in [0.5, 0.6) is 0 Å². The molecule has 4 aromatic heterocycles. The van der Waals surface area contributed by atoms with Crippen molar-refractivity contribution in [2.45, 2.75) is 51.5 Å². The number of pyridine rings is 1. The summed E-state index contributed by atoms with van der Waals surface area (Å²) < 4.78 is 30.4. The van der Waals surface area contributed by atoms with Gasteiger partial charge in [-0.15, -0.1) is 5.10 Å². The lowest BCUT2D eigenvalue weighted by molar-refractivity contribution is -0.0570. The van der Waals surface area contributed by atoms with Gasteiger partial charge >= 0.3 is 0 Å². The number of halogens is 2. The second kappa shape index (κ2) is 9.46. The van der Waals surface area contributed by atoms with Crippen molar-refractivity contribution in [2.75, 3.05) is 13.1 Å². The van der Waals surface area contributed by atoms with Gasteiger partial charge < -0.3 is 0 Å². The number of fused-ring (bicyclic) bond motifs is 1. The van der Waals surface area contributed by atoms with Crippen LogP contribution in [0.3, 0.4) is 0 Å². The van der Waals surface area contributed by atoms with Gasteiger partial charge in [-0.3, -0.25) is 4.90 Å². The zero-order chi connectivity index (χ0) is 24.4. The highest BCUT2D eigenvalue weighted by Crippen LogP contribution is 2.28. The molecule has 1 saturated heterocycles. The van der Waals surface area contributed by atoms with E-state index in [1.165, 1.54) is 0 Å². The third kappa shape index (κ3) is 4.74. The van der Waals surface area contributed by atoms with E-state index in [0.29, 0.717) is 43.3 Å². The first kappa shape index (κ1) is 23.0. The highest BCUT2D eigenvalue weighted by Gasteiger charge is 2.34. The average Bonchev–Trinajstić information content (AvgIpc) is 3.48. The molecule has 5 heterocycles. The second-order valence-electron chi connectivity index (χ2n) is 8.75. The summed E-state index contributed by atoms with van der Waals surface area (Å²) >= 11 is 0. The van der Waals surface area contributed by atoms with Crippen LogP contribution in [0.15, 0.2) is 36.9 Å². The van der Waals surface area contributed by atoms with Crippen LogP contribution in [0.1, 0.15) is 54.5 Å². The number of alkyl halides is 2. The molecule has 0 saturated carbocycles. The summed E-state index contributed by atoms with van der Waals surface area (Å²) in [7, 11) is 0. The fourth-order valence-corrected chi connectivity index (χ4v) is 4.43. The summed E-state index contributed by atoms with van der Waals surface area (Å²) in [5.41, 5.74) is 3.87. The molecule has 4 aromatic rings. The molecule has 0 amide bonds. The average molecular weight is 478 g/mol. The predicted octanol–water partition coefficient (Wildman–Crippen LogP) is 3.35. The van der Waals surface area contributed by atoms with E-state index < -0.39 is 5.92 Å². The van der Waals surface area contributed by atoms with Gasteiger partial charge in [0.2, 0.25) is 0 Å². The van der Waals surface area contributed by atoms with E-state index in [0.717, 1.165) is 35.4 Å². The van der Waals surface area contributed by atoms with Crippen molar-refractivity contribution >= 4 is 5.65 Å². The maximum atomic E-state index is 13.5. The van der Waals surface area contributed by atoms with Crippen molar-refractivity contribution in [2.24, 2.45) is 0 Å². The minimum atomic E-state index is -2.58. The fraction of sp³-hybridized carbons (Fsp3) is 0.417. The smallest absolute Gasteiger partial charge is 0.250 e. The first-order valence-electron chi connectivity index (χ1n) is 11.7. The van der Waals surface area contributed by atoms with E-state index in [9.17, 15) is 14.0 Å². The van der Waals surface area contributed by atoms with Crippen molar-refractivity contribution in [1.82, 2.24) is 39.2 Å². The van der Waals surface area contributed by atoms with E-state index in [1.54, 1.807) is 40.1 Å². The van der Waals surface area contributed by atoms with E-state index in [-0.39, 0.29) is 12.8 Å². The molecule has 9 nitrogen and oxygen atoms in total. The van der Waals surface area contributed by atoms with Crippen LogP contribution in [-0.2, 0) is 19.4 Å². The largest absolute Gasteiger partial charge is 0.295 e. The van der Waals surface area contributed by atoms with Gasteiger partial charge in [-0.25, -0.2) is 32.9 Å². The molecule has 0 spiro atoms. The summed E-state index contributed by atoms with van der Waals surface area (Å²) in [6, 6.07) is 7.48. The molecule has 180 valence electrons. The molecule has 0 N–H and O–H groups in total. The first-order valence-corrected chi connectivity index (χ1v) is 11.7. The summed E-state index contributed by atoms with van der Waals surface area (Å²) in [6.45, 7) is 3.18. The van der Waals surface area contributed by atoms with E-state index in [4.69, 9.17) is 4.98 Å². The molecular formula is C24H25F2N9. The Kier molecular flexibility index (Phi) is 6.21. The Bertz CT molecular complexity index is 1380. The Hall–Kier alpha value is -3.78. The molecule has 0 aromatic carbocycles. The predicted molar refractivity (Wildman–Crippen MR) is 123 cm³/mol. The molecular weight excluding hydrogens is 452 g/mol. The van der Waals surface area contributed by atoms with Crippen molar-refractivity contribution < 1.29 is 8.78 Å². The molecule has 35 heavy (non-hydrogen) atoms. The van der Waals surface area contributed by atoms with Gasteiger partial charge in [-0.1, -0.05) is 13.3 Å². The van der Waals surface area contributed by atoms with Gasteiger partial charge in [0.25, 0.3) is 5.92 Å². The number of hydrogen-bond acceptors (Lipinski definition) is 7. The van der Waals surface area contributed by atoms with Gasteiger partial charge in [0.05, 0.1) is 23.5 Å². The summed E-state index contributed by atoms with van der Waals surface area (Å²) in [5, 5.41) is 18.4. The third-order valence-corrected chi connectivity index (χ3v) is 6.25. The standard InChI is InChI=1S/C24H25F2N9/c1-2-4-19-20(13-18-6-10-30-35(18)22-17(14-27)5-3-9-28-22)29-16-34-23(19)31-21(32-34)15-33-11-7-24(25,26)8-12-33/h3,5-6,9-10,16H,2,4,7-8,11-13,15H2,1H3. The van der Waals surface area contributed by atoms with Crippen molar-refractivity contribution in [3.8, 4) is 11.9 Å². The number of piperidine rings is 1. The SMILES string of the molecule is CCCc1c(Cc2ccnn2-c2ncccc2C#N)ncn2nc(CN3CCC(F)(F)CC3)nc12. The van der Waals surface area contributed by atoms with Crippen LogP contribution >= 0.6 is 0 Å². The quantitative estimate of drug-likeness (QED) is 0.402. The van der Waals surface area contributed by atoms with Crippen LogP contribution in [-0.4, -0.2) is 58.3 Å². The van der Waals surface area contributed by atoms with Crippen molar-refractivity contribution in [3.05, 3.63) is 65.3 Å². The molecule has 1 fully saturated rings. The van der Waals surface area contributed by atoms with Gasteiger partial charge in [-0.2, -0.15) is 10.4 Å². The molecule has 0 unspecified atom stereocenters. The van der Waals surface area contributed by atoms with E-state index in [1.807, 2.05) is 11.0 Å². The maximum Gasteiger partial charge on any atom is 0.250 e. The number of rotatable bonds is 7. The third-order valence-electron chi connectivity index (χ3n) is 6.25. The Balaban J connectivity index is 1.44. The second-order valence-corrected chi connectivity index (χ2v) is 8.75. The first-order chi connectivity index (χ1) is 17.0. The number of likely N-dealkylation sites (tertiary alicyclic amines) is 1. The van der Waals surface area contributed by atoms with Crippen molar-refractivity contribution in [3.63, 3.8) is 0 Å². The molecule has 1 aliphatic heterocycles. The van der Waals surface area contributed by atoms with Crippen LogP contribution in [0, 0.1) is 11.3 Å². The van der Waals surface area contributed by atoms with E-state index in [2.05, 4.69) is 33.2 Å². The zero-order valence-corrected chi connectivity index (χ0v) is 19.4. The molecule has 0 aliphatic carbocycles. The summed E-state index contributed by atoms with van der Waals surface area (Å²) in [6.07, 6.45) is 6.84. The molecule has 0 atom stereocenters. The molecule has 0 radical (unpaired) electrons. The lowest BCUT2D eigenvalue weighted by atomic mass is 10.1. The van der Waals surface area contributed by atoms with Crippen LogP contribution in [0.2, 0.25) is 0 Å². The Morgan fingerprint density at radius 3 is 2.74 bits per heavy atom. The highest BCUT2D eigenvalue weighted by atomic mass is 19.3.